The van der Waals surface area contributed by atoms with Crippen LogP contribution in [0.25, 0.3) is 11.3 Å². The summed E-state index contributed by atoms with van der Waals surface area (Å²) in [6.07, 6.45) is 5.62. The van der Waals surface area contributed by atoms with Gasteiger partial charge < -0.3 is 9.72 Å². The maximum Gasteiger partial charge on any atom is 0.142 e. The van der Waals surface area contributed by atoms with Crippen molar-refractivity contribution >= 4 is 44.3 Å². The van der Waals surface area contributed by atoms with Gasteiger partial charge in [0.1, 0.15) is 5.75 Å². The molecule has 3 nitrogen and oxygen atoms in total. The number of hydrogen-bond donors (Lipinski definition) is 1. The Kier molecular flexibility index (Phi) is 6.19. The zero-order valence-electron chi connectivity index (χ0n) is 14.2. The number of aromatic amines is 1. The minimum atomic E-state index is 0. The van der Waals surface area contributed by atoms with Crippen molar-refractivity contribution in [2.24, 2.45) is 5.92 Å². The number of nitrogens with zero attached hydrogens (tertiary/aromatic N) is 1. The van der Waals surface area contributed by atoms with Gasteiger partial charge in [0.2, 0.25) is 0 Å². The molecule has 2 aromatic rings. The van der Waals surface area contributed by atoms with Gasteiger partial charge in [-0.25, -0.2) is 0 Å². The van der Waals surface area contributed by atoms with Crippen LogP contribution in [0.3, 0.4) is 0 Å². The van der Waals surface area contributed by atoms with Crippen molar-refractivity contribution in [3.8, 4) is 17.0 Å². The lowest BCUT2D eigenvalue weighted by atomic mass is 9.80. The second-order valence-electron chi connectivity index (χ2n) is 6.97. The highest BCUT2D eigenvalue weighted by atomic mass is 79.9. The van der Waals surface area contributed by atoms with Gasteiger partial charge in [0.25, 0.3) is 0 Å². The molecule has 1 saturated carbocycles. The van der Waals surface area contributed by atoms with Crippen LogP contribution in [0.1, 0.15) is 31.4 Å². The molecule has 0 atom stereocenters. The second-order valence-corrected chi connectivity index (χ2v) is 8.74. The highest BCUT2D eigenvalue weighted by molar-refractivity contribution is 9.11. The Morgan fingerprint density at radius 1 is 1.16 bits per heavy atom. The largest absolute Gasteiger partial charge is 0.495 e. The van der Waals surface area contributed by atoms with Crippen LogP contribution < -0.4 is 4.74 Å². The Labute approximate surface area is 172 Å². The summed E-state index contributed by atoms with van der Waals surface area (Å²) in [7, 11) is 1.71. The number of benzene rings is 1. The number of halogens is 3. The first-order chi connectivity index (χ1) is 11.6. The predicted octanol–water partition coefficient (Wildman–Crippen LogP) is 6.01. The monoisotopic (exact) mass is 488 g/mol. The van der Waals surface area contributed by atoms with E-state index in [1.54, 1.807) is 7.11 Å². The summed E-state index contributed by atoms with van der Waals surface area (Å²) in [5.41, 5.74) is 3.46. The van der Waals surface area contributed by atoms with E-state index in [1.807, 2.05) is 6.07 Å². The first-order valence-electron chi connectivity index (χ1n) is 8.59. The Bertz CT molecular complexity index is 741. The van der Waals surface area contributed by atoms with Gasteiger partial charge in [0.15, 0.2) is 0 Å². The van der Waals surface area contributed by atoms with E-state index in [2.05, 4.69) is 59.9 Å². The number of methoxy groups -OCH3 is 1. The van der Waals surface area contributed by atoms with Crippen LogP contribution in [0.2, 0.25) is 0 Å². The summed E-state index contributed by atoms with van der Waals surface area (Å²) in [5.74, 6) is 1.79. The normalized spacial score (nSPS) is 22.7. The zero-order valence-corrected chi connectivity index (χ0v) is 18.2. The van der Waals surface area contributed by atoms with E-state index in [0.717, 1.165) is 44.5 Å². The number of aromatic nitrogens is 1. The highest BCUT2D eigenvalue weighted by Crippen LogP contribution is 2.39. The number of ether oxygens (including phenoxy) is 1. The molecule has 3 fully saturated rings. The molecule has 1 N–H and O–H groups in total. The van der Waals surface area contributed by atoms with E-state index < -0.39 is 0 Å². The van der Waals surface area contributed by atoms with Crippen molar-refractivity contribution in [3.05, 3.63) is 38.9 Å². The molecule has 3 heterocycles. The lowest BCUT2D eigenvalue weighted by Crippen LogP contribution is -2.47. The molecule has 1 aromatic heterocycles. The average molecular weight is 491 g/mol. The molecule has 1 aromatic carbocycles. The molecule has 1 aliphatic carbocycles. The molecular weight excluding hydrogens is 467 g/mol. The summed E-state index contributed by atoms with van der Waals surface area (Å²) < 4.78 is 7.58. The third kappa shape index (κ3) is 3.95. The second kappa shape index (κ2) is 8.03. The molecule has 6 heteroatoms. The van der Waals surface area contributed by atoms with Crippen LogP contribution in [-0.4, -0.2) is 29.6 Å². The number of fused-ring (bicyclic) bond motifs is 3. The highest BCUT2D eigenvalue weighted by Gasteiger charge is 2.33. The van der Waals surface area contributed by atoms with Gasteiger partial charge in [0, 0.05) is 40.6 Å². The molecule has 0 spiro atoms. The molecule has 0 radical (unpaired) electrons. The van der Waals surface area contributed by atoms with Crippen molar-refractivity contribution in [1.82, 2.24) is 9.88 Å². The van der Waals surface area contributed by atoms with Crippen LogP contribution >= 0.6 is 44.3 Å². The molecule has 136 valence electrons. The lowest BCUT2D eigenvalue weighted by Gasteiger charge is -2.45. The van der Waals surface area contributed by atoms with E-state index in [0.29, 0.717) is 0 Å². The van der Waals surface area contributed by atoms with Gasteiger partial charge >= 0.3 is 0 Å². The van der Waals surface area contributed by atoms with E-state index in [-0.39, 0.29) is 12.4 Å². The van der Waals surface area contributed by atoms with Crippen LogP contribution in [-0.2, 0) is 6.54 Å². The van der Waals surface area contributed by atoms with E-state index in [1.165, 1.54) is 37.9 Å². The summed E-state index contributed by atoms with van der Waals surface area (Å²) in [6.45, 7) is 2.30. The maximum absolute atomic E-state index is 5.59. The number of rotatable bonds is 4. The fraction of sp³-hybridized carbons (Fsp3) is 0.474. The van der Waals surface area contributed by atoms with Gasteiger partial charge in [0.05, 0.1) is 11.6 Å². The molecular formula is C19H23Br2ClN2O. The summed E-state index contributed by atoms with van der Waals surface area (Å²) >= 11 is 7.16. The Morgan fingerprint density at radius 2 is 1.92 bits per heavy atom. The van der Waals surface area contributed by atoms with Gasteiger partial charge in [-0.1, -0.05) is 15.9 Å². The predicted molar refractivity (Wildman–Crippen MR) is 112 cm³/mol. The standard InChI is InChI=1S/C19H22Br2N2O.ClH/c1-24-19-16(8-13(20)9-17(19)21)18-7-4-14(22-18)11-23-10-12-2-5-15(23)6-3-12;/h4,7-9,12,15,22H,2-3,5-6,10-11H2,1H3;1H. The summed E-state index contributed by atoms with van der Waals surface area (Å²) in [4.78, 5) is 6.27. The van der Waals surface area contributed by atoms with Crippen molar-refractivity contribution < 1.29 is 4.74 Å². The summed E-state index contributed by atoms with van der Waals surface area (Å²) in [5, 5.41) is 0. The number of piperidine rings is 2. The quantitative estimate of drug-likeness (QED) is 0.568. The minimum Gasteiger partial charge on any atom is -0.495 e. The van der Waals surface area contributed by atoms with Crippen molar-refractivity contribution in [1.29, 1.82) is 0 Å². The van der Waals surface area contributed by atoms with Gasteiger partial charge in [-0.15, -0.1) is 12.4 Å². The Hall–Kier alpha value is -0.490. The smallest absolute Gasteiger partial charge is 0.142 e. The van der Waals surface area contributed by atoms with E-state index in [4.69, 9.17) is 4.74 Å². The average Bonchev–Trinajstić information content (AvgIpc) is 3.04. The van der Waals surface area contributed by atoms with Crippen molar-refractivity contribution in [3.63, 3.8) is 0 Å². The third-order valence-corrected chi connectivity index (χ3v) is 6.49. The van der Waals surface area contributed by atoms with Crippen LogP contribution in [0.4, 0.5) is 0 Å². The molecule has 2 saturated heterocycles. The van der Waals surface area contributed by atoms with Crippen LogP contribution in [0.5, 0.6) is 5.75 Å². The fourth-order valence-electron chi connectivity index (χ4n) is 4.24. The molecule has 25 heavy (non-hydrogen) atoms. The Morgan fingerprint density at radius 3 is 2.56 bits per heavy atom. The zero-order chi connectivity index (χ0) is 16.7. The molecule has 3 aliphatic rings. The first-order valence-corrected chi connectivity index (χ1v) is 10.2. The molecule has 0 amide bonds. The van der Waals surface area contributed by atoms with E-state index >= 15 is 0 Å². The van der Waals surface area contributed by atoms with Crippen molar-refractivity contribution in [2.45, 2.75) is 38.3 Å². The number of H-pyrrole nitrogens is 1. The Balaban J connectivity index is 0.00000182. The maximum atomic E-state index is 5.59. The third-order valence-electron chi connectivity index (χ3n) is 5.45. The van der Waals surface area contributed by atoms with Crippen LogP contribution in [0, 0.1) is 5.92 Å². The minimum absolute atomic E-state index is 0. The fourth-order valence-corrected chi connectivity index (χ4v) is 5.63. The van der Waals surface area contributed by atoms with Gasteiger partial charge in [-0.3, -0.25) is 4.90 Å². The summed E-state index contributed by atoms with van der Waals surface area (Å²) in [6, 6.07) is 9.27. The van der Waals surface area contributed by atoms with Crippen molar-refractivity contribution in [2.75, 3.05) is 13.7 Å². The lowest BCUT2D eigenvalue weighted by molar-refractivity contribution is 0.0418. The number of nitrogens with one attached hydrogen (secondary N) is 1. The molecule has 2 aliphatic heterocycles. The topological polar surface area (TPSA) is 28.3 Å². The molecule has 0 unspecified atom stereocenters. The SMILES string of the molecule is COc1c(Br)cc(Br)cc1-c1ccc(CN2CC3CCC2CC3)[nH]1.Cl. The van der Waals surface area contributed by atoms with Gasteiger partial charge in [-0.2, -0.15) is 0 Å². The van der Waals surface area contributed by atoms with E-state index in [9.17, 15) is 0 Å². The number of hydrogen-bond acceptors (Lipinski definition) is 2. The van der Waals surface area contributed by atoms with Gasteiger partial charge in [-0.05, 0) is 71.8 Å². The molecule has 5 rings (SSSR count). The first kappa shape index (κ1) is 19.3. The molecule has 2 bridgehead atoms. The van der Waals surface area contributed by atoms with Crippen LogP contribution in [0.15, 0.2) is 33.2 Å².